The second-order valence-corrected chi connectivity index (χ2v) is 8.42. The molecule has 1 saturated heterocycles. The van der Waals surface area contributed by atoms with Crippen molar-refractivity contribution >= 4 is 52.1 Å². The number of nitrogens with two attached hydrogens (primary N) is 1. The molecule has 1 aliphatic heterocycles. The van der Waals surface area contributed by atoms with E-state index in [0.717, 1.165) is 10.9 Å². The molecule has 0 bridgehead atoms. The Bertz CT molecular complexity index is 1280. The number of rotatable bonds is 8. The molecule has 0 aromatic carbocycles. The molecule has 3 atom stereocenters. The molecule has 4 heterocycles. The minimum absolute atomic E-state index is 0.0330. The number of alkyl halides is 1. The molecule has 3 aromatic heterocycles. The maximum atomic E-state index is 15.9. The van der Waals surface area contributed by atoms with Crippen LogP contribution in [0.25, 0.3) is 11.2 Å². The Morgan fingerprint density at radius 2 is 2.00 bits per heavy atom. The summed E-state index contributed by atoms with van der Waals surface area (Å²) < 4.78 is 27.4. The molecule has 1 aliphatic rings. The number of anilines is 1. The summed E-state index contributed by atoms with van der Waals surface area (Å²) in [7, 11) is 0. The highest BCUT2D eigenvalue weighted by Gasteiger charge is 2.55. The number of nitrogens with zero attached hydrogens (tertiary/aromatic N) is 5. The van der Waals surface area contributed by atoms with E-state index in [1.165, 1.54) is 18.3 Å². The zero-order valence-electron chi connectivity index (χ0n) is 17.5. The van der Waals surface area contributed by atoms with Crippen molar-refractivity contribution in [3.8, 4) is 0 Å². The Kier molecular flexibility index (Phi) is 6.50. The van der Waals surface area contributed by atoms with Gasteiger partial charge in [-0.15, -0.1) is 0 Å². The molecule has 0 unspecified atom stereocenters. The van der Waals surface area contributed by atoms with Crippen LogP contribution in [0.4, 0.5) is 10.2 Å². The maximum Gasteiger partial charge on any atom is 0.348 e. The first kappa shape index (κ1) is 24.9. The van der Waals surface area contributed by atoms with E-state index in [1.54, 1.807) is 0 Å². The number of carboxylic acids is 2. The molecule has 16 heteroatoms. The molecule has 0 aliphatic carbocycles. The third kappa shape index (κ3) is 4.34. The number of aliphatic carboxylic acids is 2. The second kappa shape index (κ2) is 9.13. The van der Waals surface area contributed by atoms with Gasteiger partial charge in [0.2, 0.25) is 11.1 Å². The first-order chi connectivity index (χ1) is 16.5. The number of imidazole rings is 1. The van der Waals surface area contributed by atoms with Crippen molar-refractivity contribution in [1.29, 1.82) is 0 Å². The minimum Gasteiger partial charge on any atom is -0.479 e. The molecule has 0 radical (unpaired) electrons. The van der Waals surface area contributed by atoms with Crippen molar-refractivity contribution in [2.45, 2.75) is 30.0 Å². The van der Waals surface area contributed by atoms with Crippen LogP contribution in [0.1, 0.15) is 5.56 Å². The lowest BCUT2D eigenvalue weighted by molar-refractivity contribution is -0.188. The van der Waals surface area contributed by atoms with Gasteiger partial charge in [0.25, 0.3) is 5.60 Å². The maximum absolute atomic E-state index is 15.9. The van der Waals surface area contributed by atoms with Crippen molar-refractivity contribution < 1.29 is 38.8 Å². The number of hydrogen-bond acceptors (Lipinski definition) is 10. The van der Waals surface area contributed by atoms with Crippen LogP contribution in [0, 0.1) is 0 Å². The number of fused-ring (bicyclic) bond motifs is 1. The molecule has 4 rings (SSSR count). The number of ether oxygens (including phenoxy) is 2. The first-order valence-corrected chi connectivity index (χ1v) is 10.6. The lowest BCUT2D eigenvalue weighted by Gasteiger charge is -2.28. The third-order valence-electron chi connectivity index (χ3n) is 5.53. The van der Waals surface area contributed by atoms with Crippen molar-refractivity contribution in [2.24, 2.45) is 0 Å². The summed E-state index contributed by atoms with van der Waals surface area (Å²) in [5, 5.41) is 29.9. The van der Waals surface area contributed by atoms with Gasteiger partial charge >= 0.3 is 11.9 Å². The van der Waals surface area contributed by atoms with E-state index >= 15 is 4.39 Å². The van der Waals surface area contributed by atoms with E-state index in [9.17, 15) is 24.9 Å². The average molecular weight is 531 g/mol. The van der Waals surface area contributed by atoms with E-state index in [2.05, 4.69) is 19.9 Å². The van der Waals surface area contributed by atoms with Gasteiger partial charge in [0, 0.05) is 12.6 Å². The van der Waals surface area contributed by atoms with Gasteiger partial charge in [0.1, 0.15) is 29.5 Å². The molecule has 35 heavy (non-hydrogen) atoms. The smallest absolute Gasteiger partial charge is 0.348 e. The van der Waals surface area contributed by atoms with Crippen LogP contribution in [0.3, 0.4) is 0 Å². The van der Waals surface area contributed by atoms with E-state index < -0.39 is 55.2 Å². The van der Waals surface area contributed by atoms with E-state index in [4.69, 9.17) is 38.4 Å². The predicted molar refractivity (Wildman–Crippen MR) is 116 cm³/mol. The molecule has 0 amide bonds. The Morgan fingerprint density at radius 1 is 1.29 bits per heavy atom. The summed E-state index contributed by atoms with van der Waals surface area (Å²) in [6.45, 7) is -1.50. The van der Waals surface area contributed by atoms with Gasteiger partial charge < -0.3 is 30.5 Å². The van der Waals surface area contributed by atoms with E-state index in [0.29, 0.717) is 0 Å². The summed E-state index contributed by atoms with van der Waals surface area (Å²) in [6, 6.07) is 2.74. The highest BCUT2D eigenvalue weighted by Crippen LogP contribution is 2.37. The highest BCUT2D eigenvalue weighted by atomic mass is 35.5. The van der Waals surface area contributed by atoms with Gasteiger partial charge in [-0.1, -0.05) is 17.7 Å². The summed E-state index contributed by atoms with van der Waals surface area (Å²) in [4.78, 5) is 39.3. The van der Waals surface area contributed by atoms with Crippen LogP contribution in [-0.2, 0) is 31.3 Å². The van der Waals surface area contributed by atoms with Gasteiger partial charge in [-0.05, 0) is 23.2 Å². The van der Waals surface area contributed by atoms with Crippen molar-refractivity contribution in [2.75, 3.05) is 18.9 Å². The fourth-order valence-corrected chi connectivity index (χ4v) is 3.93. The minimum atomic E-state index is -2.78. The topological polar surface area (TPSA) is 196 Å². The lowest BCUT2D eigenvalue weighted by Crippen LogP contribution is -2.53. The number of aromatic nitrogens is 5. The first-order valence-electron chi connectivity index (χ1n) is 9.84. The lowest BCUT2D eigenvalue weighted by atomic mass is 9.95. The van der Waals surface area contributed by atoms with Gasteiger partial charge in [0.15, 0.2) is 11.5 Å². The Balaban J connectivity index is 1.58. The highest BCUT2D eigenvalue weighted by molar-refractivity contribution is 6.29. The molecule has 5 N–H and O–H groups in total. The summed E-state index contributed by atoms with van der Waals surface area (Å²) in [5.41, 5.74) is 3.06. The van der Waals surface area contributed by atoms with Crippen LogP contribution in [0.2, 0.25) is 10.4 Å². The van der Waals surface area contributed by atoms with Crippen molar-refractivity contribution in [1.82, 2.24) is 24.5 Å². The molecule has 0 saturated carbocycles. The number of carbonyl (C=O) groups is 2. The standard InChI is InChI=1S/C19H17Cl2FN6O7/c20-10-2-1-8(4-24-10)3-18(15(30)31,16(32)33)35-5-9-12(29)19(22,6-34-9)28-7-25-11-13(23)26-17(21)27-14(11)28/h1-2,4,7,9,12,29H,3,5-6H2,(H,30,31)(H,32,33)(H2,23,26,27)/t9-,12-,19+/m1/s1. The van der Waals surface area contributed by atoms with Gasteiger partial charge in [-0.3, -0.25) is 4.57 Å². The number of hydrogen-bond donors (Lipinski definition) is 4. The number of carboxylic acid groups (broad SMARTS) is 2. The number of halogens is 3. The molecule has 13 nitrogen and oxygen atoms in total. The number of nitrogen functional groups attached to an aromatic ring is 1. The van der Waals surface area contributed by atoms with Crippen LogP contribution in [-0.4, -0.2) is 82.8 Å². The quantitative estimate of drug-likeness (QED) is 0.180. The fraction of sp³-hybridized carbons (Fsp3) is 0.368. The zero-order valence-corrected chi connectivity index (χ0v) is 19.0. The SMILES string of the molecule is Nc1nc(Cl)nc2c1ncn2[C@@]1(F)CO[C@H](COC(Cc2ccc(Cl)nc2)(C(=O)O)C(=O)O)[C@H]1O. The summed E-state index contributed by atoms with van der Waals surface area (Å²) in [6.07, 6.45) is -1.80. The molecular weight excluding hydrogens is 514 g/mol. The Labute approximate surface area is 205 Å². The molecule has 0 spiro atoms. The molecular formula is C19H17Cl2FN6O7. The van der Waals surface area contributed by atoms with E-state index in [1.807, 2.05) is 0 Å². The van der Waals surface area contributed by atoms with Crippen LogP contribution in [0.5, 0.6) is 0 Å². The number of pyridine rings is 1. The van der Waals surface area contributed by atoms with E-state index in [-0.39, 0.29) is 33.0 Å². The zero-order chi connectivity index (χ0) is 25.5. The molecule has 1 fully saturated rings. The predicted octanol–water partition coefficient (Wildman–Crippen LogP) is 0.660. The van der Waals surface area contributed by atoms with Crippen molar-refractivity contribution in [3.05, 3.63) is 40.7 Å². The van der Waals surface area contributed by atoms with Gasteiger partial charge in [-0.2, -0.15) is 9.97 Å². The summed E-state index contributed by atoms with van der Waals surface area (Å²) in [5.74, 6) is -6.38. The van der Waals surface area contributed by atoms with Crippen LogP contribution in [0.15, 0.2) is 24.7 Å². The summed E-state index contributed by atoms with van der Waals surface area (Å²) >= 11 is 11.5. The number of aliphatic hydroxyl groups is 1. The average Bonchev–Trinajstić information content (AvgIpc) is 3.34. The van der Waals surface area contributed by atoms with Gasteiger partial charge in [-0.25, -0.2) is 23.9 Å². The molecule has 186 valence electrons. The fourth-order valence-electron chi connectivity index (χ4n) is 3.64. The normalized spacial score (nSPS) is 22.5. The third-order valence-corrected chi connectivity index (χ3v) is 5.92. The van der Waals surface area contributed by atoms with Crippen LogP contribution < -0.4 is 5.73 Å². The largest absolute Gasteiger partial charge is 0.479 e. The van der Waals surface area contributed by atoms with Crippen LogP contribution >= 0.6 is 23.2 Å². The Morgan fingerprint density at radius 3 is 2.63 bits per heavy atom. The second-order valence-electron chi connectivity index (χ2n) is 7.69. The van der Waals surface area contributed by atoms with Gasteiger partial charge in [0.05, 0.1) is 12.9 Å². The number of aliphatic hydroxyl groups excluding tert-OH is 1. The Hall–Kier alpha value is -3.17. The van der Waals surface area contributed by atoms with Crippen molar-refractivity contribution in [3.63, 3.8) is 0 Å². The molecule has 3 aromatic rings. The monoisotopic (exact) mass is 530 g/mol.